The molecule has 5 nitrogen and oxygen atoms in total. The van der Waals surface area contributed by atoms with Gasteiger partial charge in [-0.3, -0.25) is 9.59 Å². The van der Waals surface area contributed by atoms with E-state index < -0.39 is 6.04 Å². The average Bonchev–Trinajstić information content (AvgIpc) is 2.98. The summed E-state index contributed by atoms with van der Waals surface area (Å²) in [6.07, 6.45) is 2.07. The van der Waals surface area contributed by atoms with Gasteiger partial charge in [-0.15, -0.1) is 0 Å². The zero-order valence-electron chi connectivity index (χ0n) is 11.9. The van der Waals surface area contributed by atoms with Crippen LogP contribution in [0.3, 0.4) is 0 Å². The molecule has 1 aromatic rings. The fourth-order valence-electron chi connectivity index (χ4n) is 2.16. The summed E-state index contributed by atoms with van der Waals surface area (Å²) in [5, 5.41) is 5.78. The summed E-state index contributed by atoms with van der Waals surface area (Å²) < 4.78 is 5.43. The van der Waals surface area contributed by atoms with Crippen LogP contribution in [0, 0.1) is 0 Å². The molecule has 2 N–H and O–H groups in total. The molecule has 1 aromatic carbocycles. The smallest absolute Gasteiger partial charge is 0.253 e. The van der Waals surface area contributed by atoms with E-state index in [1.807, 2.05) is 0 Å². The molecule has 0 radical (unpaired) electrons. The highest BCUT2D eigenvalue weighted by Crippen LogP contribution is 2.14. The molecule has 0 bridgehead atoms. The fourth-order valence-corrected chi connectivity index (χ4v) is 2.38. The predicted octanol–water partition coefficient (Wildman–Crippen LogP) is 1.75. The van der Waals surface area contributed by atoms with Crippen LogP contribution in [0.2, 0.25) is 5.02 Å². The van der Waals surface area contributed by atoms with Crippen molar-refractivity contribution in [1.29, 1.82) is 0 Å². The minimum atomic E-state index is -0.629. The average molecular weight is 311 g/mol. The number of rotatable bonds is 5. The minimum absolute atomic E-state index is 0.0837. The molecule has 0 aliphatic carbocycles. The first kappa shape index (κ1) is 15.8. The van der Waals surface area contributed by atoms with E-state index in [2.05, 4.69) is 10.6 Å². The van der Waals surface area contributed by atoms with Gasteiger partial charge in [0, 0.05) is 13.2 Å². The Morgan fingerprint density at radius 1 is 1.43 bits per heavy atom. The highest BCUT2D eigenvalue weighted by atomic mass is 35.5. The topological polar surface area (TPSA) is 67.4 Å². The van der Waals surface area contributed by atoms with Crippen molar-refractivity contribution in [2.45, 2.75) is 31.9 Å². The van der Waals surface area contributed by atoms with Crippen molar-refractivity contribution >= 4 is 23.4 Å². The first-order chi connectivity index (χ1) is 10.1. The van der Waals surface area contributed by atoms with Crippen LogP contribution in [0.15, 0.2) is 24.3 Å². The zero-order valence-corrected chi connectivity index (χ0v) is 12.7. The molecule has 2 rings (SSSR count). The maximum Gasteiger partial charge on any atom is 0.253 e. The van der Waals surface area contributed by atoms with Crippen LogP contribution in [0.1, 0.15) is 30.1 Å². The van der Waals surface area contributed by atoms with Gasteiger partial charge in [0.15, 0.2) is 0 Å². The lowest BCUT2D eigenvalue weighted by atomic mass is 10.2. The molecular weight excluding hydrogens is 292 g/mol. The number of benzene rings is 1. The monoisotopic (exact) mass is 310 g/mol. The second-order valence-electron chi connectivity index (χ2n) is 5.06. The van der Waals surface area contributed by atoms with Gasteiger partial charge in [0.2, 0.25) is 5.91 Å². The number of hydrogen-bond acceptors (Lipinski definition) is 3. The first-order valence-electron chi connectivity index (χ1n) is 7.02. The summed E-state index contributed by atoms with van der Waals surface area (Å²) in [4.78, 5) is 24.0. The molecular formula is C15H19ClN2O3. The third kappa shape index (κ3) is 4.44. The number of nitrogens with one attached hydrogen (secondary N) is 2. The third-order valence-electron chi connectivity index (χ3n) is 3.39. The van der Waals surface area contributed by atoms with E-state index in [0.29, 0.717) is 17.1 Å². The lowest BCUT2D eigenvalue weighted by molar-refractivity contribution is -0.123. The molecule has 0 spiro atoms. The van der Waals surface area contributed by atoms with Gasteiger partial charge in [-0.05, 0) is 31.9 Å². The van der Waals surface area contributed by atoms with Crippen molar-refractivity contribution in [1.82, 2.24) is 10.6 Å². The van der Waals surface area contributed by atoms with E-state index in [-0.39, 0.29) is 17.9 Å². The molecule has 1 aliphatic rings. The molecule has 6 heteroatoms. The van der Waals surface area contributed by atoms with Crippen molar-refractivity contribution < 1.29 is 14.3 Å². The Hall–Kier alpha value is -1.59. The predicted molar refractivity (Wildman–Crippen MR) is 80.4 cm³/mol. The summed E-state index contributed by atoms with van der Waals surface area (Å²) in [5.41, 5.74) is 0.359. The Morgan fingerprint density at radius 2 is 2.19 bits per heavy atom. The largest absolute Gasteiger partial charge is 0.376 e. The molecule has 1 heterocycles. The van der Waals surface area contributed by atoms with Crippen molar-refractivity contribution in [3.63, 3.8) is 0 Å². The number of carbonyl (C=O) groups is 2. The van der Waals surface area contributed by atoms with Crippen molar-refractivity contribution in [2.75, 3.05) is 13.2 Å². The van der Waals surface area contributed by atoms with Crippen LogP contribution < -0.4 is 10.6 Å². The van der Waals surface area contributed by atoms with Gasteiger partial charge in [-0.2, -0.15) is 0 Å². The van der Waals surface area contributed by atoms with E-state index in [9.17, 15) is 9.59 Å². The van der Waals surface area contributed by atoms with Crippen LogP contribution in [0.5, 0.6) is 0 Å². The second-order valence-corrected chi connectivity index (χ2v) is 5.46. The number of ether oxygens (including phenoxy) is 1. The third-order valence-corrected chi connectivity index (χ3v) is 3.72. The second kappa shape index (κ2) is 7.43. The maximum absolute atomic E-state index is 12.0. The lowest BCUT2D eigenvalue weighted by Gasteiger charge is -2.16. The van der Waals surface area contributed by atoms with E-state index in [4.69, 9.17) is 16.3 Å². The van der Waals surface area contributed by atoms with Gasteiger partial charge in [0.25, 0.3) is 5.91 Å². The van der Waals surface area contributed by atoms with E-state index in [0.717, 1.165) is 19.4 Å². The van der Waals surface area contributed by atoms with Crippen LogP contribution >= 0.6 is 11.6 Å². The Labute approximate surface area is 129 Å². The highest BCUT2D eigenvalue weighted by molar-refractivity contribution is 6.33. The minimum Gasteiger partial charge on any atom is -0.376 e. The molecule has 1 saturated heterocycles. The summed E-state index contributed by atoms with van der Waals surface area (Å²) in [6.45, 7) is 2.87. The normalized spacial score (nSPS) is 19.0. The molecule has 2 amide bonds. The molecule has 0 saturated carbocycles. The number of halogens is 1. The van der Waals surface area contributed by atoms with Gasteiger partial charge >= 0.3 is 0 Å². The first-order valence-corrected chi connectivity index (χ1v) is 7.40. The molecule has 1 fully saturated rings. The molecule has 0 aromatic heterocycles. The number of hydrogen-bond donors (Lipinski definition) is 2. The van der Waals surface area contributed by atoms with Gasteiger partial charge in [-0.25, -0.2) is 0 Å². The van der Waals surface area contributed by atoms with Crippen molar-refractivity contribution in [3.8, 4) is 0 Å². The lowest BCUT2D eigenvalue weighted by Crippen LogP contribution is -2.46. The number of carbonyl (C=O) groups excluding carboxylic acids is 2. The SMILES string of the molecule is CC(NC(=O)c1ccccc1Cl)C(=O)NCC1CCCO1. The highest BCUT2D eigenvalue weighted by Gasteiger charge is 2.20. The summed E-state index contributed by atoms with van der Waals surface area (Å²) in [6, 6.07) is 6.10. The van der Waals surface area contributed by atoms with Crippen LogP contribution in [-0.2, 0) is 9.53 Å². The molecule has 2 atom stereocenters. The summed E-state index contributed by atoms with van der Waals surface area (Å²) >= 11 is 5.95. The number of amides is 2. The van der Waals surface area contributed by atoms with E-state index >= 15 is 0 Å². The van der Waals surface area contributed by atoms with Crippen molar-refractivity contribution in [3.05, 3.63) is 34.9 Å². The Morgan fingerprint density at radius 3 is 2.86 bits per heavy atom. The van der Waals surface area contributed by atoms with E-state index in [1.54, 1.807) is 31.2 Å². The van der Waals surface area contributed by atoms with Gasteiger partial charge in [-0.1, -0.05) is 23.7 Å². The summed E-state index contributed by atoms with van der Waals surface area (Å²) in [5.74, 6) is -0.591. The maximum atomic E-state index is 12.0. The molecule has 21 heavy (non-hydrogen) atoms. The van der Waals surface area contributed by atoms with Gasteiger partial charge < -0.3 is 15.4 Å². The molecule has 114 valence electrons. The molecule has 2 unspecified atom stereocenters. The van der Waals surface area contributed by atoms with Crippen LogP contribution in [0.4, 0.5) is 0 Å². The molecule has 1 aliphatic heterocycles. The van der Waals surface area contributed by atoms with Gasteiger partial charge in [0.05, 0.1) is 16.7 Å². The summed E-state index contributed by atoms with van der Waals surface area (Å²) in [7, 11) is 0. The Kier molecular flexibility index (Phi) is 5.59. The van der Waals surface area contributed by atoms with Crippen LogP contribution in [-0.4, -0.2) is 37.1 Å². The quantitative estimate of drug-likeness (QED) is 0.870. The van der Waals surface area contributed by atoms with Gasteiger partial charge in [0.1, 0.15) is 6.04 Å². The van der Waals surface area contributed by atoms with E-state index in [1.165, 1.54) is 0 Å². The Bertz CT molecular complexity index is 515. The standard InChI is InChI=1S/C15H19ClN2O3/c1-10(14(19)17-9-11-5-4-8-21-11)18-15(20)12-6-2-3-7-13(12)16/h2-3,6-7,10-11H,4-5,8-9H2,1H3,(H,17,19)(H,18,20). The fraction of sp³-hybridized carbons (Fsp3) is 0.467. The zero-order chi connectivity index (χ0) is 15.2. The van der Waals surface area contributed by atoms with Crippen molar-refractivity contribution in [2.24, 2.45) is 0 Å². The van der Waals surface area contributed by atoms with Crippen LogP contribution in [0.25, 0.3) is 0 Å². The Balaban J connectivity index is 1.82.